The third-order valence-electron chi connectivity index (χ3n) is 4.33. The predicted octanol–water partition coefficient (Wildman–Crippen LogP) is 2.63. The molecule has 3 rings (SSSR count). The molecule has 0 saturated heterocycles. The fourth-order valence-electron chi connectivity index (χ4n) is 3.12. The Balaban J connectivity index is 1.62. The van der Waals surface area contributed by atoms with Crippen molar-refractivity contribution in [1.82, 2.24) is 9.78 Å². The summed E-state index contributed by atoms with van der Waals surface area (Å²) in [7, 11) is 1.93. The Labute approximate surface area is 125 Å². The number of hydrogen-bond donors (Lipinski definition) is 1. The van der Waals surface area contributed by atoms with Crippen molar-refractivity contribution < 1.29 is 9.84 Å². The van der Waals surface area contributed by atoms with E-state index in [0.29, 0.717) is 6.61 Å². The Hall–Kier alpha value is -1.65. The number of aromatic nitrogens is 2. The quantitative estimate of drug-likeness (QED) is 0.940. The van der Waals surface area contributed by atoms with E-state index in [0.717, 1.165) is 25.0 Å². The van der Waals surface area contributed by atoms with Gasteiger partial charge in [0.1, 0.15) is 0 Å². The summed E-state index contributed by atoms with van der Waals surface area (Å²) in [6.45, 7) is 0.639. The first kappa shape index (κ1) is 14.3. The van der Waals surface area contributed by atoms with Gasteiger partial charge in [0.15, 0.2) is 0 Å². The van der Waals surface area contributed by atoms with Gasteiger partial charge in [-0.05, 0) is 30.9 Å². The summed E-state index contributed by atoms with van der Waals surface area (Å²) in [5, 5.41) is 14.5. The summed E-state index contributed by atoms with van der Waals surface area (Å²) in [6.07, 6.45) is 4.26. The molecule has 1 aromatic heterocycles. The molecule has 21 heavy (non-hydrogen) atoms. The maximum absolute atomic E-state index is 10.3. The second-order valence-corrected chi connectivity index (χ2v) is 5.79. The summed E-state index contributed by atoms with van der Waals surface area (Å²) in [5.74, 6) is 0.118. The highest BCUT2D eigenvalue weighted by Gasteiger charge is 2.32. The van der Waals surface area contributed by atoms with Crippen LogP contribution in [0, 0.1) is 0 Å². The zero-order chi connectivity index (χ0) is 14.7. The molecule has 0 bridgehead atoms. The smallest absolute Gasteiger partial charge is 0.0720 e. The third-order valence-corrected chi connectivity index (χ3v) is 4.33. The normalized spacial score (nSPS) is 25.9. The average molecular weight is 286 g/mol. The molecule has 0 radical (unpaired) electrons. The molecule has 1 saturated carbocycles. The number of aliphatic hydroxyl groups is 1. The molecule has 0 unspecified atom stereocenters. The monoisotopic (exact) mass is 286 g/mol. The van der Waals surface area contributed by atoms with Crippen LogP contribution in [0.5, 0.6) is 0 Å². The first-order chi connectivity index (χ1) is 10.2. The van der Waals surface area contributed by atoms with Gasteiger partial charge in [0, 0.05) is 24.9 Å². The summed E-state index contributed by atoms with van der Waals surface area (Å²) in [6, 6.07) is 12.2. The Bertz CT molecular complexity index is 567. The number of aliphatic hydroxyl groups excluding tert-OH is 1. The average Bonchev–Trinajstić information content (AvgIpc) is 2.93. The van der Waals surface area contributed by atoms with Crippen LogP contribution in [0.1, 0.15) is 36.4 Å². The fraction of sp³-hybridized carbons (Fsp3) is 0.471. The van der Waals surface area contributed by atoms with Gasteiger partial charge < -0.3 is 9.84 Å². The first-order valence-electron chi connectivity index (χ1n) is 7.55. The largest absolute Gasteiger partial charge is 0.392 e. The van der Waals surface area contributed by atoms with E-state index in [1.807, 2.05) is 36.0 Å². The topological polar surface area (TPSA) is 47.3 Å². The summed E-state index contributed by atoms with van der Waals surface area (Å²) in [5.41, 5.74) is 2.29. The highest BCUT2D eigenvalue weighted by Crippen LogP contribution is 2.34. The van der Waals surface area contributed by atoms with E-state index < -0.39 is 0 Å². The lowest BCUT2D eigenvalue weighted by molar-refractivity contribution is -0.0237. The lowest BCUT2D eigenvalue weighted by Gasteiger charge is -2.33. The maximum atomic E-state index is 10.3. The first-order valence-corrected chi connectivity index (χ1v) is 7.55. The Morgan fingerprint density at radius 1 is 1.24 bits per heavy atom. The minimum Gasteiger partial charge on any atom is -0.392 e. The van der Waals surface area contributed by atoms with E-state index in [1.165, 1.54) is 5.56 Å². The molecule has 112 valence electrons. The van der Waals surface area contributed by atoms with Crippen molar-refractivity contribution in [3.05, 3.63) is 53.9 Å². The van der Waals surface area contributed by atoms with E-state index in [-0.39, 0.29) is 18.1 Å². The number of aryl methyl sites for hydroxylation is 1. The molecule has 1 fully saturated rings. The van der Waals surface area contributed by atoms with Gasteiger partial charge in [0.05, 0.1) is 18.8 Å². The highest BCUT2D eigenvalue weighted by atomic mass is 16.5. The second kappa shape index (κ2) is 6.41. The van der Waals surface area contributed by atoms with Crippen LogP contribution >= 0.6 is 0 Å². The molecule has 1 heterocycles. The number of rotatable bonds is 4. The van der Waals surface area contributed by atoms with Gasteiger partial charge in [-0.3, -0.25) is 4.68 Å². The molecule has 0 amide bonds. The molecular formula is C17H22N2O2. The van der Waals surface area contributed by atoms with Gasteiger partial charge in [-0.25, -0.2) is 0 Å². The fourth-order valence-corrected chi connectivity index (χ4v) is 3.12. The van der Waals surface area contributed by atoms with Crippen LogP contribution < -0.4 is 0 Å². The van der Waals surface area contributed by atoms with Crippen LogP contribution in [0.4, 0.5) is 0 Å². The van der Waals surface area contributed by atoms with Crippen molar-refractivity contribution in [2.45, 2.75) is 44.0 Å². The van der Waals surface area contributed by atoms with Crippen molar-refractivity contribution in [2.75, 3.05) is 0 Å². The number of hydrogen-bond acceptors (Lipinski definition) is 3. The van der Waals surface area contributed by atoms with Crippen molar-refractivity contribution in [2.24, 2.45) is 7.05 Å². The van der Waals surface area contributed by atoms with Crippen molar-refractivity contribution in [3.8, 4) is 0 Å². The van der Waals surface area contributed by atoms with Gasteiger partial charge >= 0.3 is 0 Å². The van der Waals surface area contributed by atoms with Gasteiger partial charge in [0.2, 0.25) is 0 Å². The Kier molecular flexibility index (Phi) is 4.36. The van der Waals surface area contributed by atoms with Crippen LogP contribution in [-0.4, -0.2) is 27.1 Å². The summed E-state index contributed by atoms with van der Waals surface area (Å²) >= 11 is 0. The molecule has 3 atom stereocenters. The maximum Gasteiger partial charge on any atom is 0.0720 e. The van der Waals surface area contributed by atoms with Crippen molar-refractivity contribution in [3.63, 3.8) is 0 Å². The van der Waals surface area contributed by atoms with Gasteiger partial charge in [-0.15, -0.1) is 0 Å². The van der Waals surface area contributed by atoms with E-state index >= 15 is 0 Å². The predicted molar refractivity (Wildman–Crippen MR) is 80.8 cm³/mol. The third kappa shape index (κ3) is 3.34. The molecular weight excluding hydrogens is 264 g/mol. The molecule has 1 aliphatic carbocycles. The molecule has 0 aliphatic heterocycles. The second-order valence-electron chi connectivity index (χ2n) is 5.79. The van der Waals surface area contributed by atoms with E-state index in [1.54, 1.807) is 6.20 Å². The van der Waals surface area contributed by atoms with Crippen LogP contribution in [-0.2, 0) is 18.4 Å². The molecule has 1 aromatic carbocycles. The molecule has 4 heteroatoms. The van der Waals surface area contributed by atoms with Crippen LogP contribution in [0.3, 0.4) is 0 Å². The zero-order valence-electron chi connectivity index (χ0n) is 12.4. The summed E-state index contributed by atoms with van der Waals surface area (Å²) < 4.78 is 7.90. The molecule has 1 N–H and O–H groups in total. The van der Waals surface area contributed by atoms with Crippen molar-refractivity contribution in [1.29, 1.82) is 0 Å². The Morgan fingerprint density at radius 2 is 2.05 bits per heavy atom. The number of benzene rings is 1. The van der Waals surface area contributed by atoms with Gasteiger partial charge in [0.25, 0.3) is 0 Å². The minimum absolute atomic E-state index is 0.118. The van der Waals surface area contributed by atoms with Gasteiger partial charge in [-0.2, -0.15) is 5.10 Å². The molecule has 1 aliphatic rings. The van der Waals surface area contributed by atoms with Crippen LogP contribution in [0.15, 0.2) is 42.6 Å². The van der Waals surface area contributed by atoms with Crippen LogP contribution in [0.2, 0.25) is 0 Å². The van der Waals surface area contributed by atoms with Crippen LogP contribution in [0.25, 0.3) is 0 Å². The molecule has 0 spiro atoms. The molecule has 2 aromatic rings. The lowest BCUT2D eigenvalue weighted by atomic mass is 9.82. The van der Waals surface area contributed by atoms with Gasteiger partial charge in [-0.1, -0.05) is 30.3 Å². The van der Waals surface area contributed by atoms with E-state index in [2.05, 4.69) is 17.2 Å². The molecule has 4 nitrogen and oxygen atoms in total. The Morgan fingerprint density at radius 3 is 2.76 bits per heavy atom. The standard InChI is InChI=1S/C17H22N2O2/c1-19-16(9-10-18-19)15-11-14(7-8-17(15)20)21-12-13-5-3-2-4-6-13/h2-6,9-10,14-15,17,20H,7-8,11-12H2,1H3/t14-,15-,17+/m1/s1. The highest BCUT2D eigenvalue weighted by molar-refractivity contribution is 5.14. The van der Waals surface area contributed by atoms with Crippen molar-refractivity contribution >= 4 is 0 Å². The minimum atomic E-state index is -0.294. The number of ether oxygens (including phenoxy) is 1. The van der Waals surface area contributed by atoms with E-state index in [4.69, 9.17) is 4.74 Å². The van der Waals surface area contributed by atoms with E-state index in [9.17, 15) is 5.11 Å². The lowest BCUT2D eigenvalue weighted by Crippen LogP contribution is -2.32. The SMILES string of the molecule is Cn1nccc1[C@H]1C[C@H](OCc2ccccc2)CC[C@@H]1O. The summed E-state index contributed by atoms with van der Waals surface area (Å²) in [4.78, 5) is 0. The number of nitrogens with zero attached hydrogens (tertiary/aromatic N) is 2. The zero-order valence-corrected chi connectivity index (χ0v) is 12.4.